The molecule has 0 aliphatic carbocycles. The van der Waals surface area contributed by atoms with E-state index in [-0.39, 0.29) is 17.8 Å². The van der Waals surface area contributed by atoms with Crippen molar-refractivity contribution in [1.82, 2.24) is 9.88 Å². The van der Waals surface area contributed by atoms with E-state index in [1.165, 1.54) is 23.5 Å². The van der Waals surface area contributed by atoms with Gasteiger partial charge in [-0.2, -0.15) is 0 Å². The molecular weight excluding hydrogens is 301 g/mol. The van der Waals surface area contributed by atoms with Crippen LogP contribution in [0.3, 0.4) is 0 Å². The fraction of sp³-hybridized carbons (Fsp3) is 0.375. The van der Waals surface area contributed by atoms with Gasteiger partial charge in [-0.25, -0.2) is 9.37 Å². The topological polar surface area (TPSA) is 59.2 Å². The van der Waals surface area contributed by atoms with Crippen LogP contribution >= 0.6 is 11.3 Å². The summed E-state index contributed by atoms with van der Waals surface area (Å²) in [6.45, 7) is 4.93. The average Bonchev–Trinajstić information content (AvgIpc) is 2.97. The van der Waals surface area contributed by atoms with Crippen LogP contribution in [-0.4, -0.2) is 28.9 Å². The van der Waals surface area contributed by atoms with E-state index >= 15 is 0 Å². The van der Waals surface area contributed by atoms with Crippen LogP contribution in [0.5, 0.6) is 0 Å². The van der Waals surface area contributed by atoms with Gasteiger partial charge in [0.15, 0.2) is 0 Å². The highest BCUT2D eigenvalue weighted by molar-refractivity contribution is 7.09. The number of benzene rings is 1. The Labute approximate surface area is 133 Å². The van der Waals surface area contributed by atoms with E-state index < -0.39 is 0 Å². The van der Waals surface area contributed by atoms with Gasteiger partial charge < -0.3 is 10.6 Å². The van der Waals surface area contributed by atoms with E-state index in [1.807, 2.05) is 13.8 Å². The SMILES string of the molecule is CCN(C(=O)c1csc(CCN)n1)C(C)c1ccc(F)cc1. The van der Waals surface area contributed by atoms with Crippen molar-refractivity contribution in [2.45, 2.75) is 26.3 Å². The van der Waals surface area contributed by atoms with E-state index in [0.29, 0.717) is 25.2 Å². The van der Waals surface area contributed by atoms with Gasteiger partial charge in [0.1, 0.15) is 11.5 Å². The van der Waals surface area contributed by atoms with Gasteiger partial charge in [0.2, 0.25) is 0 Å². The summed E-state index contributed by atoms with van der Waals surface area (Å²) in [6, 6.07) is 6.09. The van der Waals surface area contributed by atoms with E-state index in [4.69, 9.17) is 5.73 Å². The number of carbonyl (C=O) groups excluding carboxylic acids is 1. The minimum absolute atomic E-state index is 0.112. The van der Waals surface area contributed by atoms with Crippen molar-refractivity contribution in [3.8, 4) is 0 Å². The summed E-state index contributed by atoms with van der Waals surface area (Å²) in [4.78, 5) is 18.7. The lowest BCUT2D eigenvalue weighted by atomic mass is 10.1. The van der Waals surface area contributed by atoms with Gasteiger partial charge in [0.25, 0.3) is 5.91 Å². The highest BCUT2D eigenvalue weighted by Crippen LogP contribution is 2.23. The molecule has 6 heteroatoms. The van der Waals surface area contributed by atoms with Crippen LogP contribution in [-0.2, 0) is 6.42 Å². The molecule has 0 aliphatic rings. The summed E-state index contributed by atoms with van der Waals surface area (Å²) in [5, 5.41) is 2.64. The third-order valence-electron chi connectivity index (χ3n) is 3.55. The van der Waals surface area contributed by atoms with Gasteiger partial charge in [-0.15, -0.1) is 11.3 Å². The molecule has 1 atom stereocenters. The molecule has 1 unspecified atom stereocenters. The van der Waals surface area contributed by atoms with Gasteiger partial charge in [-0.3, -0.25) is 4.79 Å². The lowest BCUT2D eigenvalue weighted by Gasteiger charge is -2.27. The number of aromatic nitrogens is 1. The number of amides is 1. The average molecular weight is 321 g/mol. The van der Waals surface area contributed by atoms with Crippen molar-refractivity contribution in [2.75, 3.05) is 13.1 Å². The summed E-state index contributed by atoms with van der Waals surface area (Å²) in [6.07, 6.45) is 0.678. The first kappa shape index (κ1) is 16.6. The van der Waals surface area contributed by atoms with Crippen molar-refractivity contribution in [3.05, 3.63) is 51.7 Å². The second-order valence-electron chi connectivity index (χ2n) is 4.98. The largest absolute Gasteiger partial charge is 0.331 e. The van der Waals surface area contributed by atoms with Crippen LogP contribution in [0, 0.1) is 5.82 Å². The van der Waals surface area contributed by atoms with Gasteiger partial charge in [-0.1, -0.05) is 12.1 Å². The van der Waals surface area contributed by atoms with Crippen molar-refractivity contribution >= 4 is 17.2 Å². The molecule has 22 heavy (non-hydrogen) atoms. The Morgan fingerprint density at radius 1 is 1.41 bits per heavy atom. The number of rotatable bonds is 6. The van der Waals surface area contributed by atoms with Crippen molar-refractivity contribution in [1.29, 1.82) is 0 Å². The van der Waals surface area contributed by atoms with Crippen molar-refractivity contribution in [2.24, 2.45) is 5.73 Å². The molecule has 2 aromatic rings. The third-order valence-corrected chi connectivity index (χ3v) is 4.46. The Balaban J connectivity index is 2.18. The van der Waals surface area contributed by atoms with Crippen molar-refractivity contribution in [3.63, 3.8) is 0 Å². The first-order valence-electron chi connectivity index (χ1n) is 7.27. The quantitative estimate of drug-likeness (QED) is 0.890. The number of halogens is 1. The Bertz CT molecular complexity index is 627. The predicted molar refractivity (Wildman–Crippen MR) is 86.4 cm³/mol. The van der Waals surface area contributed by atoms with Gasteiger partial charge in [0, 0.05) is 18.3 Å². The molecule has 1 amide bonds. The standard InChI is InChI=1S/C16H20FN3OS/c1-3-20(11(2)12-4-6-13(17)7-5-12)16(21)14-10-22-15(19-14)8-9-18/h4-7,10-11H,3,8-9,18H2,1-2H3. The molecular formula is C16H20FN3OS. The summed E-state index contributed by atoms with van der Waals surface area (Å²) in [7, 11) is 0. The predicted octanol–water partition coefficient (Wildman–Crippen LogP) is 3.01. The third kappa shape index (κ3) is 3.69. The van der Waals surface area contributed by atoms with E-state index in [9.17, 15) is 9.18 Å². The molecule has 0 spiro atoms. The van der Waals surface area contributed by atoms with Gasteiger partial charge in [0.05, 0.1) is 11.0 Å². The zero-order valence-electron chi connectivity index (χ0n) is 12.8. The summed E-state index contributed by atoms with van der Waals surface area (Å²) >= 11 is 1.45. The highest BCUT2D eigenvalue weighted by Gasteiger charge is 2.23. The fourth-order valence-corrected chi connectivity index (χ4v) is 3.10. The highest BCUT2D eigenvalue weighted by atomic mass is 32.1. The van der Waals surface area contributed by atoms with Crippen LogP contribution in [0.2, 0.25) is 0 Å². The lowest BCUT2D eigenvalue weighted by Crippen LogP contribution is -2.33. The summed E-state index contributed by atoms with van der Waals surface area (Å²) in [5.41, 5.74) is 6.85. The first-order chi connectivity index (χ1) is 10.6. The van der Waals surface area contributed by atoms with Crippen LogP contribution < -0.4 is 5.73 Å². The van der Waals surface area contributed by atoms with E-state index in [2.05, 4.69) is 4.98 Å². The molecule has 1 aromatic heterocycles. The summed E-state index contributed by atoms with van der Waals surface area (Å²) < 4.78 is 13.0. The second-order valence-corrected chi connectivity index (χ2v) is 5.93. The Morgan fingerprint density at radius 2 is 2.09 bits per heavy atom. The molecule has 1 aromatic carbocycles. The van der Waals surface area contributed by atoms with Crippen LogP contribution in [0.4, 0.5) is 4.39 Å². The second kappa shape index (κ2) is 7.47. The smallest absolute Gasteiger partial charge is 0.273 e. The normalized spacial score (nSPS) is 12.2. The first-order valence-corrected chi connectivity index (χ1v) is 8.15. The van der Waals surface area contributed by atoms with Crippen LogP contribution in [0.15, 0.2) is 29.6 Å². The molecule has 0 saturated carbocycles. The van der Waals surface area contributed by atoms with E-state index in [0.717, 1.165) is 10.6 Å². The Hall–Kier alpha value is -1.79. The number of thiazole rings is 1. The number of nitrogens with zero attached hydrogens (tertiary/aromatic N) is 2. The molecule has 0 saturated heterocycles. The molecule has 4 nitrogen and oxygen atoms in total. The molecule has 0 aliphatic heterocycles. The van der Waals surface area contributed by atoms with Gasteiger partial charge in [-0.05, 0) is 38.1 Å². The molecule has 2 rings (SSSR count). The maximum absolute atomic E-state index is 13.0. The molecule has 2 N–H and O–H groups in total. The minimum Gasteiger partial charge on any atom is -0.331 e. The van der Waals surface area contributed by atoms with Crippen molar-refractivity contribution < 1.29 is 9.18 Å². The number of hydrogen-bond acceptors (Lipinski definition) is 4. The zero-order valence-corrected chi connectivity index (χ0v) is 13.6. The molecule has 0 bridgehead atoms. The number of nitrogens with two attached hydrogens (primary N) is 1. The lowest BCUT2D eigenvalue weighted by molar-refractivity contribution is 0.0697. The van der Waals surface area contributed by atoms with Gasteiger partial charge >= 0.3 is 0 Å². The fourth-order valence-electron chi connectivity index (χ4n) is 2.31. The van der Waals surface area contributed by atoms with E-state index in [1.54, 1.807) is 22.4 Å². The molecule has 0 radical (unpaired) electrons. The minimum atomic E-state index is -0.281. The molecule has 118 valence electrons. The monoisotopic (exact) mass is 321 g/mol. The number of hydrogen-bond donors (Lipinski definition) is 1. The van der Waals surface area contributed by atoms with Crippen LogP contribution in [0.25, 0.3) is 0 Å². The number of carbonyl (C=O) groups is 1. The summed E-state index contributed by atoms with van der Waals surface area (Å²) in [5.74, 6) is -0.393. The molecule has 1 heterocycles. The van der Waals surface area contributed by atoms with Crippen LogP contribution in [0.1, 0.15) is 40.9 Å². The maximum Gasteiger partial charge on any atom is 0.273 e. The zero-order chi connectivity index (χ0) is 16.1. The Kier molecular flexibility index (Phi) is 5.63. The molecule has 0 fully saturated rings. The Morgan fingerprint density at radius 3 is 2.68 bits per heavy atom. The maximum atomic E-state index is 13.0.